The largest absolute Gasteiger partial charge is 0.353 e. The maximum absolute atomic E-state index is 11.9. The second-order valence-electron chi connectivity index (χ2n) is 5.19. The van der Waals surface area contributed by atoms with E-state index in [9.17, 15) is 4.79 Å². The predicted octanol–water partition coefficient (Wildman–Crippen LogP) is 2.06. The van der Waals surface area contributed by atoms with Crippen LogP contribution in [0.2, 0.25) is 0 Å². The number of hydrogen-bond donors (Lipinski definition) is 2. The Morgan fingerprint density at radius 2 is 2.00 bits per heavy atom. The molecule has 16 heavy (non-hydrogen) atoms. The fourth-order valence-corrected chi connectivity index (χ4v) is 2.43. The van der Waals surface area contributed by atoms with E-state index in [0.717, 1.165) is 31.6 Å². The fourth-order valence-electron chi connectivity index (χ4n) is 2.43. The van der Waals surface area contributed by atoms with Crippen molar-refractivity contribution in [1.29, 1.82) is 0 Å². The van der Waals surface area contributed by atoms with Crippen molar-refractivity contribution >= 4 is 5.91 Å². The zero-order valence-electron chi connectivity index (χ0n) is 10.7. The van der Waals surface area contributed by atoms with E-state index in [1.807, 2.05) is 0 Å². The topological polar surface area (TPSA) is 55.1 Å². The summed E-state index contributed by atoms with van der Waals surface area (Å²) >= 11 is 0. The molecular weight excluding hydrogens is 200 g/mol. The summed E-state index contributed by atoms with van der Waals surface area (Å²) in [7, 11) is 0. The fraction of sp³-hybridized carbons (Fsp3) is 0.923. The number of rotatable bonds is 5. The second kappa shape index (κ2) is 6.89. The Kier molecular flexibility index (Phi) is 5.81. The summed E-state index contributed by atoms with van der Waals surface area (Å²) in [5.41, 5.74) is 5.63. The summed E-state index contributed by atoms with van der Waals surface area (Å²) < 4.78 is 0. The molecule has 0 aliphatic heterocycles. The quantitative estimate of drug-likeness (QED) is 0.754. The van der Waals surface area contributed by atoms with Crippen molar-refractivity contribution in [2.45, 2.75) is 58.4 Å². The van der Waals surface area contributed by atoms with Crippen LogP contribution in [0.4, 0.5) is 0 Å². The van der Waals surface area contributed by atoms with Crippen LogP contribution < -0.4 is 11.1 Å². The van der Waals surface area contributed by atoms with Gasteiger partial charge >= 0.3 is 0 Å². The molecule has 1 rings (SSSR count). The molecule has 0 heterocycles. The van der Waals surface area contributed by atoms with Gasteiger partial charge in [-0.05, 0) is 38.0 Å². The van der Waals surface area contributed by atoms with Gasteiger partial charge in [0.2, 0.25) is 5.91 Å². The third-order valence-electron chi connectivity index (χ3n) is 3.65. The van der Waals surface area contributed by atoms with Crippen LogP contribution in [0.25, 0.3) is 0 Å². The molecule has 0 spiro atoms. The van der Waals surface area contributed by atoms with Gasteiger partial charge in [0.1, 0.15) is 0 Å². The number of nitrogens with one attached hydrogen (secondary N) is 1. The predicted molar refractivity (Wildman–Crippen MR) is 67.0 cm³/mol. The summed E-state index contributed by atoms with van der Waals surface area (Å²) in [6, 6.07) is 0.398. The van der Waals surface area contributed by atoms with Crippen molar-refractivity contribution in [3.8, 4) is 0 Å². The molecule has 1 saturated carbocycles. The van der Waals surface area contributed by atoms with Gasteiger partial charge in [-0.1, -0.05) is 20.3 Å². The highest BCUT2D eigenvalue weighted by atomic mass is 16.1. The van der Waals surface area contributed by atoms with E-state index in [-0.39, 0.29) is 11.8 Å². The molecule has 0 aromatic heterocycles. The zero-order valence-corrected chi connectivity index (χ0v) is 10.7. The molecule has 1 atom stereocenters. The highest BCUT2D eigenvalue weighted by molar-refractivity contribution is 5.79. The van der Waals surface area contributed by atoms with Crippen LogP contribution in [0.15, 0.2) is 0 Å². The minimum atomic E-state index is 0.0179. The Morgan fingerprint density at radius 3 is 2.50 bits per heavy atom. The summed E-state index contributed by atoms with van der Waals surface area (Å²) in [6.07, 6.45) is 6.69. The van der Waals surface area contributed by atoms with Gasteiger partial charge in [-0.3, -0.25) is 4.79 Å². The van der Waals surface area contributed by atoms with E-state index in [0.29, 0.717) is 12.6 Å². The Balaban J connectivity index is 2.32. The first-order chi connectivity index (χ1) is 7.67. The standard InChI is InChI=1S/C13H26N2O/c1-3-4-11(9-14)13(16)15-12-7-5-10(2)6-8-12/h10-12H,3-9,14H2,1-2H3,(H,15,16). The first-order valence-corrected chi connectivity index (χ1v) is 6.67. The number of amides is 1. The highest BCUT2D eigenvalue weighted by Crippen LogP contribution is 2.23. The van der Waals surface area contributed by atoms with Crippen LogP contribution in [0.3, 0.4) is 0 Å². The van der Waals surface area contributed by atoms with Gasteiger partial charge < -0.3 is 11.1 Å². The lowest BCUT2D eigenvalue weighted by Crippen LogP contribution is -2.42. The molecule has 0 saturated heterocycles. The minimum absolute atomic E-state index is 0.0179. The average molecular weight is 226 g/mol. The summed E-state index contributed by atoms with van der Waals surface area (Å²) in [4.78, 5) is 11.9. The van der Waals surface area contributed by atoms with Crippen molar-refractivity contribution in [2.75, 3.05) is 6.54 Å². The molecule has 0 bridgehead atoms. The van der Waals surface area contributed by atoms with Crippen LogP contribution in [0.1, 0.15) is 52.4 Å². The van der Waals surface area contributed by atoms with Gasteiger partial charge in [0.05, 0.1) is 5.92 Å². The molecule has 0 aromatic rings. The van der Waals surface area contributed by atoms with Gasteiger partial charge in [-0.25, -0.2) is 0 Å². The van der Waals surface area contributed by atoms with Crippen molar-refractivity contribution < 1.29 is 4.79 Å². The Labute approximate surface area is 99.2 Å². The van der Waals surface area contributed by atoms with Crippen LogP contribution in [0.5, 0.6) is 0 Å². The van der Waals surface area contributed by atoms with E-state index in [1.54, 1.807) is 0 Å². The number of carbonyl (C=O) groups is 1. The van der Waals surface area contributed by atoms with E-state index in [1.165, 1.54) is 12.8 Å². The highest BCUT2D eigenvalue weighted by Gasteiger charge is 2.22. The van der Waals surface area contributed by atoms with Crippen LogP contribution in [-0.2, 0) is 4.79 Å². The van der Waals surface area contributed by atoms with Gasteiger partial charge in [0.15, 0.2) is 0 Å². The van der Waals surface area contributed by atoms with Crippen molar-refractivity contribution in [1.82, 2.24) is 5.32 Å². The van der Waals surface area contributed by atoms with E-state index in [4.69, 9.17) is 5.73 Å². The molecule has 94 valence electrons. The first kappa shape index (κ1) is 13.5. The van der Waals surface area contributed by atoms with Gasteiger partial charge in [-0.15, -0.1) is 0 Å². The average Bonchev–Trinajstić information content (AvgIpc) is 2.29. The van der Waals surface area contributed by atoms with Gasteiger partial charge in [-0.2, -0.15) is 0 Å². The van der Waals surface area contributed by atoms with Gasteiger partial charge in [0, 0.05) is 12.6 Å². The molecule has 1 fully saturated rings. The summed E-state index contributed by atoms with van der Waals surface area (Å²) in [5, 5.41) is 3.16. The second-order valence-corrected chi connectivity index (χ2v) is 5.19. The SMILES string of the molecule is CCCC(CN)C(=O)NC1CCC(C)CC1. The van der Waals surface area contributed by atoms with E-state index >= 15 is 0 Å². The lowest BCUT2D eigenvalue weighted by Gasteiger charge is -2.28. The third-order valence-corrected chi connectivity index (χ3v) is 3.65. The Morgan fingerprint density at radius 1 is 1.38 bits per heavy atom. The van der Waals surface area contributed by atoms with Gasteiger partial charge in [0.25, 0.3) is 0 Å². The molecule has 1 unspecified atom stereocenters. The lowest BCUT2D eigenvalue weighted by atomic mass is 9.87. The molecule has 1 amide bonds. The van der Waals surface area contributed by atoms with Crippen molar-refractivity contribution in [3.63, 3.8) is 0 Å². The molecule has 3 nitrogen and oxygen atoms in total. The third kappa shape index (κ3) is 4.12. The van der Waals surface area contributed by atoms with Crippen LogP contribution in [0, 0.1) is 11.8 Å². The van der Waals surface area contributed by atoms with Crippen molar-refractivity contribution in [2.24, 2.45) is 17.6 Å². The van der Waals surface area contributed by atoms with E-state index in [2.05, 4.69) is 19.2 Å². The summed E-state index contributed by atoms with van der Waals surface area (Å²) in [6.45, 7) is 4.86. The van der Waals surface area contributed by atoms with Crippen LogP contribution in [-0.4, -0.2) is 18.5 Å². The summed E-state index contributed by atoms with van der Waals surface area (Å²) in [5.74, 6) is 1.02. The normalized spacial score (nSPS) is 27.4. The molecule has 1 aliphatic rings. The number of nitrogens with two attached hydrogens (primary N) is 1. The molecule has 3 N–H and O–H groups in total. The molecule has 3 heteroatoms. The number of hydrogen-bond acceptors (Lipinski definition) is 2. The monoisotopic (exact) mass is 226 g/mol. The maximum atomic E-state index is 11.9. The Hall–Kier alpha value is -0.570. The van der Waals surface area contributed by atoms with Crippen molar-refractivity contribution in [3.05, 3.63) is 0 Å². The van der Waals surface area contributed by atoms with Crippen LogP contribution >= 0.6 is 0 Å². The minimum Gasteiger partial charge on any atom is -0.353 e. The molecule has 0 radical (unpaired) electrons. The zero-order chi connectivity index (χ0) is 12.0. The maximum Gasteiger partial charge on any atom is 0.224 e. The number of carbonyl (C=O) groups excluding carboxylic acids is 1. The molecular formula is C13H26N2O. The smallest absolute Gasteiger partial charge is 0.224 e. The first-order valence-electron chi connectivity index (χ1n) is 6.67. The van der Waals surface area contributed by atoms with E-state index < -0.39 is 0 Å². The molecule has 1 aliphatic carbocycles. The Bertz CT molecular complexity index is 210. The molecule has 0 aromatic carbocycles. The lowest BCUT2D eigenvalue weighted by molar-refractivity contribution is -0.125.